The summed E-state index contributed by atoms with van der Waals surface area (Å²) in [7, 11) is 0. The summed E-state index contributed by atoms with van der Waals surface area (Å²) in [4.78, 5) is 41.4. The summed E-state index contributed by atoms with van der Waals surface area (Å²) in [6.45, 7) is 2.57. The molecular formula is C21H27ClN6O3. The van der Waals surface area contributed by atoms with Crippen molar-refractivity contribution in [3.05, 3.63) is 45.6 Å². The van der Waals surface area contributed by atoms with Crippen LogP contribution >= 0.6 is 11.6 Å². The lowest BCUT2D eigenvalue weighted by Gasteiger charge is -2.22. The highest BCUT2D eigenvalue weighted by Gasteiger charge is 2.24. The molecule has 0 bridgehead atoms. The van der Waals surface area contributed by atoms with Gasteiger partial charge in [0.15, 0.2) is 0 Å². The molecule has 2 aromatic rings. The average molecular weight is 447 g/mol. The van der Waals surface area contributed by atoms with Gasteiger partial charge >= 0.3 is 11.7 Å². The van der Waals surface area contributed by atoms with Crippen molar-refractivity contribution in [3.63, 3.8) is 0 Å². The fourth-order valence-corrected chi connectivity index (χ4v) is 4.19. The molecule has 3 amide bonds. The number of aromatic nitrogens is 3. The number of hydrogen-bond acceptors (Lipinski definition) is 4. The number of hydrogen-bond donors (Lipinski definition) is 1. The highest BCUT2D eigenvalue weighted by Crippen LogP contribution is 2.15. The lowest BCUT2D eigenvalue weighted by molar-refractivity contribution is -0.132. The molecule has 1 saturated heterocycles. The van der Waals surface area contributed by atoms with Gasteiger partial charge in [0, 0.05) is 49.9 Å². The second-order valence-corrected chi connectivity index (χ2v) is 8.41. The number of carbonyl (C=O) groups is 2. The number of nitrogens with zero attached hydrogens (tertiary/aromatic N) is 5. The molecule has 1 N–H and O–H groups in total. The SMILES string of the molecule is O=C(Cn1nc2n(c1=O)CCCCC2)N1CCCN(C(=O)Nc2ccc(Cl)cc2)CC1. The van der Waals surface area contributed by atoms with E-state index in [0.717, 1.165) is 31.5 Å². The molecule has 2 aliphatic rings. The average Bonchev–Trinajstić information content (AvgIpc) is 3.00. The van der Waals surface area contributed by atoms with Gasteiger partial charge in [0.1, 0.15) is 12.4 Å². The first-order valence-corrected chi connectivity index (χ1v) is 11.1. The fraction of sp³-hybridized carbons (Fsp3) is 0.524. The van der Waals surface area contributed by atoms with E-state index in [9.17, 15) is 14.4 Å². The minimum Gasteiger partial charge on any atom is -0.339 e. The van der Waals surface area contributed by atoms with Crippen LogP contribution in [0.3, 0.4) is 0 Å². The smallest absolute Gasteiger partial charge is 0.339 e. The normalized spacial score (nSPS) is 16.9. The van der Waals surface area contributed by atoms with Crippen molar-refractivity contribution in [1.82, 2.24) is 24.1 Å². The zero-order valence-electron chi connectivity index (χ0n) is 17.4. The first-order chi connectivity index (χ1) is 15.0. The molecule has 31 heavy (non-hydrogen) atoms. The van der Waals surface area contributed by atoms with E-state index in [1.807, 2.05) is 0 Å². The van der Waals surface area contributed by atoms with Crippen molar-refractivity contribution in [2.24, 2.45) is 0 Å². The molecule has 0 unspecified atom stereocenters. The Morgan fingerprint density at radius 2 is 1.68 bits per heavy atom. The number of fused-ring (bicyclic) bond motifs is 1. The summed E-state index contributed by atoms with van der Waals surface area (Å²) in [5.74, 6) is 0.631. The molecule has 1 fully saturated rings. The summed E-state index contributed by atoms with van der Waals surface area (Å²) in [6.07, 6.45) is 4.53. The number of nitrogens with one attached hydrogen (secondary N) is 1. The van der Waals surface area contributed by atoms with E-state index in [4.69, 9.17) is 11.6 Å². The fourth-order valence-electron chi connectivity index (χ4n) is 4.06. The predicted molar refractivity (Wildman–Crippen MR) is 117 cm³/mol. The molecule has 2 aliphatic heterocycles. The number of amides is 3. The Labute approximate surface area is 185 Å². The van der Waals surface area contributed by atoms with Crippen molar-refractivity contribution < 1.29 is 9.59 Å². The van der Waals surface area contributed by atoms with Gasteiger partial charge in [-0.1, -0.05) is 18.0 Å². The molecule has 10 heteroatoms. The molecule has 166 valence electrons. The maximum Gasteiger partial charge on any atom is 0.346 e. The van der Waals surface area contributed by atoms with Crippen LogP contribution in [0, 0.1) is 0 Å². The third-order valence-electron chi connectivity index (χ3n) is 5.80. The lowest BCUT2D eigenvalue weighted by atomic mass is 10.2. The van der Waals surface area contributed by atoms with Crippen LogP contribution in [0.1, 0.15) is 31.5 Å². The Kier molecular flexibility index (Phi) is 6.60. The molecule has 0 aliphatic carbocycles. The van der Waals surface area contributed by atoms with E-state index in [1.54, 1.807) is 38.6 Å². The van der Waals surface area contributed by atoms with Crippen molar-refractivity contribution in [2.45, 2.75) is 45.2 Å². The minimum atomic E-state index is -0.205. The summed E-state index contributed by atoms with van der Waals surface area (Å²) in [6, 6.07) is 6.73. The van der Waals surface area contributed by atoms with Gasteiger partial charge in [0.05, 0.1) is 0 Å². The molecule has 0 radical (unpaired) electrons. The Balaban J connectivity index is 1.34. The van der Waals surface area contributed by atoms with Gasteiger partial charge in [-0.25, -0.2) is 14.3 Å². The highest BCUT2D eigenvalue weighted by atomic mass is 35.5. The maximum absolute atomic E-state index is 12.8. The summed E-state index contributed by atoms with van der Waals surface area (Å²) < 4.78 is 2.99. The lowest BCUT2D eigenvalue weighted by Crippen LogP contribution is -2.41. The van der Waals surface area contributed by atoms with Crippen LogP contribution in [-0.2, 0) is 24.3 Å². The molecule has 0 atom stereocenters. The summed E-state index contributed by atoms with van der Waals surface area (Å²) >= 11 is 5.88. The molecule has 1 aromatic heterocycles. The minimum absolute atomic E-state index is 0.0597. The van der Waals surface area contributed by atoms with E-state index < -0.39 is 0 Å². The third kappa shape index (κ3) is 5.10. The van der Waals surface area contributed by atoms with Gasteiger partial charge in [0.2, 0.25) is 5.91 Å². The first kappa shape index (κ1) is 21.4. The Bertz CT molecular complexity index is 1000. The van der Waals surface area contributed by atoms with E-state index in [2.05, 4.69) is 10.4 Å². The zero-order valence-corrected chi connectivity index (χ0v) is 18.2. The Hall–Kier alpha value is -2.81. The highest BCUT2D eigenvalue weighted by molar-refractivity contribution is 6.30. The van der Waals surface area contributed by atoms with Crippen molar-refractivity contribution in [2.75, 3.05) is 31.5 Å². The van der Waals surface area contributed by atoms with Crippen LogP contribution < -0.4 is 11.0 Å². The molecule has 0 spiro atoms. The second kappa shape index (κ2) is 9.55. The van der Waals surface area contributed by atoms with E-state index >= 15 is 0 Å². The molecule has 1 aromatic carbocycles. The molecule has 0 saturated carbocycles. The number of urea groups is 1. The Morgan fingerprint density at radius 1 is 0.935 bits per heavy atom. The van der Waals surface area contributed by atoms with Crippen LogP contribution in [0.4, 0.5) is 10.5 Å². The van der Waals surface area contributed by atoms with Crippen LogP contribution in [0.25, 0.3) is 0 Å². The first-order valence-electron chi connectivity index (χ1n) is 10.8. The van der Waals surface area contributed by atoms with Crippen LogP contribution in [0.2, 0.25) is 5.02 Å². The molecule has 4 rings (SSSR count). The number of halogens is 1. The number of rotatable bonds is 3. The summed E-state index contributed by atoms with van der Waals surface area (Å²) in [5, 5.41) is 7.86. The molecule has 9 nitrogen and oxygen atoms in total. The van der Waals surface area contributed by atoms with Gasteiger partial charge in [-0.2, -0.15) is 5.10 Å². The van der Waals surface area contributed by atoms with Crippen LogP contribution in [0.5, 0.6) is 0 Å². The number of anilines is 1. The third-order valence-corrected chi connectivity index (χ3v) is 6.05. The van der Waals surface area contributed by atoms with Gasteiger partial charge in [-0.15, -0.1) is 0 Å². The van der Waals surface area contributed by atoms with Crippen molar-refractivity contribution in [3.8, 4) is 0 Å². The van der Waals surface area contributed by atoms with E-state index in [0.29, 0.717) is 49.9 Å². The van der Waals surface area contributed by atoms with Gasteiger partial charge in [0.25, 0.3) is 0 Å². The summed E-state index contributed by atoms with van der Waals surface area (Å²) in [5.41, 5.74) is 0.467. The maximum atomic E-state index is 12.8. The molecular weight excluding hydrogens is 420 g/mol. The van der Waals surface area contributed by atoms with E-state index in [1.165, 1.54) is 4.68 Å². The van der Waals surface area contributed by atoms with E-state index in [-0.39, 0.29) is 24.2 Å². The van der Waals surface area contributed by atoms with Gasteiger partial charge < -0.3 is 15.1 Å². The standard InChI is InChI=1S/C21H27ClN6O3/c22-16-6-8-17(9-7-16)23-20(30)26-11-4-10-25(13-14-26)19(29)15-28-21(31)27-12-3-1-2-5-18(27)24-28/h6-9H,1-5,10-15H2,(H,23,30). The predicted octanol–water partition coefficient (Wildman–Crippen LogP) is 2.19. The van der Waals surface area contributed by atoms with Crippen LogP contribution in [0.15, 0.2) is 29.1 Å². The number of aryl methyl sites for hydroxylation is 1. The topological polar surface area (TPSA) is 92.5 Å². The quantitative estimate of drug-likeness (QED) is 0.782. The number of carbonyl (C=O) groups excluding carboxylic acids is 2. The number of benzene rings is 1. The van der Waals surface area contributed by atoms with Crippen LogP contribution in [-0.4, -0.2) is 62.3 Å². The van der Waals surface area contributed by atoms with Crippen molar-refractivity contribution >= 4 is 29.2 Å². The van der Waals surface area contributed by atoms with Gasteiger partial charge in [-0.3, -0.25) is 9.36 Å². The molecule has 3 heterocycles. The van der Waals surface area contributed by atoms with Gasteiger partial charge in [-0.05, 0) is 43.5 Å². The van der Waals surface area contributed by atoms with Crippen molar-refractivity contribution in [1.29, 1.82) is 0 Å². The Morgan fingerprint density at radius 3 is 2.48 bits per heavy atom. The monoisotopic (exact) mass is 446 g/mol. The zero-order chi connectivity index (χ0) is 21.8. The largest absolute Gasteiger partial charge is 0.346 e. The second-order valence-electron chi connectivity index (χ2n) is 7.98.